The predicted molar refractivity (Wildman–Crippen MR) is 81.7 cm³/mol. The monoisotopic (exact) mass is 320 g/mol. The third-order valence-electron chi connectivity index (χ3n) is 2.54. The van der Waals surface area contributed by atoms with Gasteiger partial charge in [0.25, 0.3) is 5.91 Å². The van der Waals surface area contributed by atoms with E-state index in [0.29, 0.717) is 27.0 Å². The third-order valence-corrected chi connectivity index (χ3v) is 3.10. The molecule has 0 saturated heterocycles. The highest BCUT2D eigenvalue weighted by atomic mass is 35.5. The molecule has 106 valence electrons. The van der Waals surface area contributed by atoms with Crippen molar-refractivity contribution in [3.05, 3.63) is 58.1 Å². The van der Waals surface area contributed by atoms with Crippen LogP contribution in [-0.4, -0.2) is 12.5 Å². The molecule has 0 aliphatic carbocycles. The molecular weight excluding hydrogens is 311 g/mol. The molecule has 0 heterocycles. The van der Waals surface area contributed by atoms with Crippen molar-refractivity contribution in [1.82, 2.24) is 0 Å². The minimum atomic E-state index is -0.374. The number of ether oxygens (including phenoxy) is 1. The standard InChI is InChI=1S/C15H10Cl2N2O2/c16-11-4-5-13(17)14(7-11)19-15(20)9-21-12-3-1-2-10(6-12)8-18/h1-7H,9H2,(H,19,20). The van der Waals surface area contributed by atoms with Crippen LogP contribution in [0.1, 0.15) is 5.56 Å². The molecule has 0 atom stereocenters. The Hall–Kier alpha value is -2.22. The van der Waals surface area contributed by atoms with Crippen molar-refractivity contribution in [2.45, 2.75) is 0 Å². The first-order valence-electron chi connectivity index (χ1n) is 5.96. The first-order chi connectivity index (χ1) is 10.1. The number of hydrogen-bond acceptors (Lipinski definition) is 3. The van der Waals surface area contributed by atoms with Crippen molar-refractivity contribution in [3.63, 3.8) is 0 Å². The van der Waals surface area contributed by atoms with Crippen LogP contribution in [0.25, 0.3) is 0 Å². The van der Waals surface area contributed by atoms with Crippen molar-refractivity contribution in [1.29, 1.82) is 5.26 Å². The minimum Gasteiger partial charge on any atom is -0.484 e. The first-order valence-corrected chi connectivity index (χ1v) is 6.72. The van der Waals surface area contributed by atoms with Crippen molar-refractivity contribution in [2.24, 2.45) is 0 Å². The van der Waals surface area contributed by atoms with Gasteiger partial charge in [-0.3, -0.25) is 4.79 Å². The van der Waals surface area contributed by atoms with E-state index in [-0.39, 0.29) is 12.5 Å². The van der Waals surface area contributed by atoms with E-state index in [2.05, 4.69) is 5.32 Å². The quantitative estimate of drug-likeness (QED) is 0.929. The van der Waals surface area contributed by atoms with Gasteiger partial charge >= 0.3 is 0 Å². The van der Waals surface area contributed by atoms with Gasteiger partial charge in [0.05, 0.1) is 22.3 Å². The van der Waals surface area contributed by atoms with Crippen LogP contribution in [0.4, 0.5) is 5.69 Å². The van der Waals surface area contributed by atoms with Crippen LogP contribution in [0.5, 0.6) is 5.75 Å². The molecule has 21 heavy (non-hydrogen) atoms. The molecule has 0 bridgehead atoms. The highest BCUT2D eigenvalue weighted by Crippen LogP contribution is 2.25. The second-order valence-corrected chi connectivity index (χ2v) is 4.94. The van der Waals surface area contributed by atoms with E-state index in [1.807, 2.05) is 6.07 Å². The Morgan fingerprint density at radius 3 is 2.81 bits per heavy atom. The van der Waals surface area contributed by atoms with Crippen LogP contribution in [0.3, 0.4) is 0 Å². The first kappa shape index (κ1) is 15.2. The number of halogens is 2. The van der Waals surface area contributed by atoms with E-state index in [9.17, 15) is 4.79 Å². The van der Waals surface area contributed by atoms with Gasteiger partial charge in [-0.2, -0.15) is 5.26 Å². The largest absolute Gasteiger partial charge is 0.484 e. The average molecular weight is 321 g/mol. The molecule has 1 N–H and O–H groups in total. The van der Waals surface area contributed by atoms with Gasteiger partial charge in [-0.25, -0.2) is 0 Å². The van der Waals surface area contributed by atoms with Gasteiger partial charge in [0.2, 0.25) is 0 Å². The van der Waals surface area contributed by atoms with Crippen molar-refractivity contribution < 1.29 is 9.53 Å². The number of anilines is 1. The second kappa shape index (κ2) is 6.98. The fourth-order valence-electron chi connectivity index (χ4n) is 1.58. The summed E-state index contributed by atoms with van der Waals surface area (Å²) in [6, 6.07) is 13.3. The molecule has 0 spiro atoms. The van der Waals surface area contributed by atoms with Crippen LogP contribution in [0.15, 0.2) is 42.5 Å². The van der Waals surface area contributed by atoms with Crippen molar-refractivity contribution in [2.75, 3.05) is 11.9 Å². The summed E-state index contributed by atoms with van der Waals surface area (Å²) in [4.78, 5) is 11.8. The summed E-state index contributed by atoms with van der Waals surface area (Å²) in [7, 11) is 0. The van der Waals surface area contributed by atoms with Gasteiger partial charge < -0.3 is 10.1 Å². The van der Waals surface area contributed by atoms with E-state index >= 15 is 0 Å². The summed E-state index contributed by atoms with van der Waals surface area (Å²) in [5.41, 5.74) is 0.884. The third kappa shape index (κ3) is 4.38. The smallest absolute Gasteiger partial charge is 0.262 e. The molecule has 0 aliphatic heterocycles. The van der Waals surface area contributed by atoms with E-state index in [1.54, 1.807) is 42.5 Å². The van der Waals surface area contributed by atoms with Crippen LogP contribution >= 0.6 is 23.2 Å². The van der Waals surface area contributed by atoms with Crippen molar-refractivity contribution >= 4 is 34.8 Å². The fraction of sp³-hybridized carbons (Fsp3) is 0.0667. The molecule has 0 fully saturated rings. The van der Waals surface area contributed by atoms with Gasteiger partial charge in [-0.1, -0.05) is 29.3 Å². The number of carbonyl (C=O) groups excluding carboxylic acids is 1. The van der Waals surface area contributed by atoms with E-state index in [0.717, 1.165) is 0 Å². The predicted octanol–water partition coefficient (Wildman–Crippen LogP) is 3.88. The van der Waals surface area contributed by atoms with Gasteiger partial charge in [-0.15, -0.1) is 0 Å². The molecule has 0 aliphatic rings. The molecule has 2 rings (SSSR count). The Kier molecular flexibility index (Phi) is 5.04. The van der Waals surface area contributed by atoms with Gasteiger partial charge in [0.1, 0.15) is 5.75 Å². The molecule has 2 aromatic rings. The number of amides is 1. The number of carbonyl (C=O) groups is 1. The molecule has 4 nitrogen and oxygen atoms in total. The number of hydrogen-bond donors (Lipinski definition) is 1. The summed E-state index contributed by atoms with van der Waals surface area (Å²) >= 11 is 11.8. The SMILES string of the molecule is N#Cc1cccc(OCC(=O)Nc2cc(Cl)ccc2Cl)c1. The maximum absolute atomic E-state index is 11.8. The molecule has 0 unspecified atom stereocenters. The fourth-order valence-corrected chi connectivity index (χ4v) is 1.92. The average Bonchev–Trinajstić information content (AvgIpc) is 2.49. The Morgan fingerprint density at radius 2 is 2.05 bits per heavy atom. The zero-order valence-electron chi connectivity index (χ0n) is 10.8. The lowest BCUT2D eigenvalue weighted by Crippen LogP contribution is -2.20. The topological polar surface area (TPSA) is 62.1 Å². The zero-order chi connectivity index (χ0) is 15.2. The normalized spacial score (nSPS) is 9.76. The highest BCUT2D eigenvalue weighted by Gasteiger charge is 2.07. The van der Waals surface area contributed by atoms with Crippen LogP contribution < -0.4 is 10.1 Å². The minimum absolute atomic E-state index is 0.197. The Labute approximate surface area is 131 Å². The van der Waals surface area contributed by atoms with E-state index < -0.39 is 0 Å². The second-order valence-electron chi connectivity index (χ2n) is 4.10. The Bertz CT molecular complexity index is 711. The van der Waals surface area contributed by atoms with E-state index in [4.69, 9.17) is 33.2 Å². The van der Waals surface area contributed by atoms with Crippen LogP contribution in [0.2, 0.25) is 10.0 Å². The molecule has 0 aromatic heterocycles. The van der Waals surface area contributed by atoms with Crippen molar-refractivity contribution in [3.8, 4) is 11.8 Å². The number of rotatable bonds is 4. The van der Waals surface area contributed by atoms with Gasteiger partial charge in [-0.05, 0) is 36.4 Å². The van der Waals surface area contributed by atoms with Crippen LogP contribution in [0, 0.1) is 11.3 Å². The van der Waals surface area contributed by atoms with Gasteiger partial charge in [0, 0.05) is 5.02 Å². The number of nitrogens with one attached hydrogen (secondary N) is 1. The van der Waals surface area contributed by atoms with E-state index in [1.165, 1.54) is 0 Å². The molecule has 1 amide bonds. The van der Waals surface area contributed by atoms with Crippen LogP contribution in [-0.2, 0) is 4.79 Å². The molecule has 0 radical (unpaired) electrons. The number of nitrogens with zero attached hydrogens (tertiary/aromatic N) is 1. The summed E-state index contributed by atoms with van der Waals surface area (Å²) in [6.07, 6.45) is 0. The molecule has 6 heteroatoms. The highest BCUT2D eigenvalue weighted by molar-refractivity contribution is 6.35. The Morgan fingerprint density at radius 1 is 1.24 bits per heavy atom. The lowest BCUT2D eigenvalue weighted by molar-refractivity contribution is -0.118. The number of benzene rings is 2. The van der Waals surface area contributed by atoms with Gasteiger partial charge in [0.15, 0.2) is 6.61 Å². The Balaban J connectivity index is 1.96. The zero-order valence-corrected chi connectivity index (χ0v) is 12.3. The summed E-state index contributed by atoms with van der Waals surface area (Å²) in [6.45, 7) is -0.197. The summed E-state index contributed by atoms with van der Waals surface area (Å²) < 4.78 is 5.31. The lowest BCUT2D eigenvalue weighted by atomic mass is 10.2. The summed E-state index contributed by atoms with van der Waals surface area (Å²) in [5, 5.41) is 12.2. The number of nitriles is 1. The summed E-state index contributed by atoms with van der Waals surface area (Å²) in [5.74, 6) is 0.0721. The molecule has 0 saturated carbocycles. The lowest BCUT2D eigenvalue weighted by Gasteiger charge is -2.09. The maximum atomic E-state index is 11.8. The molecule has 2 aromatic carbocycles. The molecular formula is C15H10Cl2N2O2. The maximum Gasteiger partial charge on any atom is 0.262 e.